The molecule has 2 nitrogen and oxygen atoms in total. The van der Waals surface area contributed by atoms with E-state index in [0.29, 0.717) is 17.9 Å². The van der Waals surface area contributed by atoms with E-state index >= 15 is 0 Å². The molecule has 0 radical (unpaired) electrons. The highest BCUT2D eigenvalue weighted by Gasteiger charge is 2.68. The average Bonchev–Trinajstić information content (AvgIpc) is 2.75. The molecular formula is C16H23NO. The second-order valence-electron chi connectivity index (χ2n) is 7.61. The van der Waals surface area contributed by atoms with Crippen molar-refractivity contribution in [1.82, 2.24) is 4.90 Å². The minimum absolute atomic E-state index is 0.551. The monoisotopic (exact) mass is 245 g/mol. The van der Waals surface area contributed by atoms with Crippen molar-refractivity contribution < 1.29 is 4.79 Å². The van der Waals surface area contributed by atoms with Crippen LogP contribution in [0.2, 0.25) is 0 Å². The van der Waals surface area contributed by atoms with Gasteiger partial charge >= 0.3 is 0 Å². The van der Waals surface area contributed by atoms with E-state index in [4.69, 9.17) is 0 Å². The molecule has 5 aliphatic rings. The summed E-state index contributed by atoms with van der Waals surface area (Å²) in [7, 11) is 0. The molecule has 0 spiro atoms. The standard InChI is InChI=1S/C16H23NO/c18-13-7-11-2-1-3-12(8-13)17(11)16-14-9-4-5-10(6-9)15(14)16/h9-12,14-16H,1-8H2. The second-order valence-corrected chi connectivity index (χ2v) is 7.61. The van der Waals surface area contributed by atoms with Crippen LogP contribution in [0.1, 0.15) is 51.4 Å². The Labute approximate surface area is 109 Å². The van der Waals surface area contributed by atoms with Gasteiger partial charge in [-0.05, 0) is 55.8 Å². The van der Waals surface area contributed by atoms with E-state index in [1.54, 1.807) is 6.42 Å². The Kier molecular flexibility index (Phi) is 1.96. The number of rotatable bonds is 1. The van der Waals surface area contributed by atoms with Crippen molar-refractivity contribution >= 4 is 5.78 Å². The number of piperidine rings is 2. The highest BCUT2D eigenvalue weighted by Crippen LogP contribution is 2.68. The largest absolute Gasteiger partial charge is 0.300 e. The van der Waals surface area contributed by atoms with Gasteiger partial charge in [0.1, 0.15) is 5.78 Å². The molecule has 2 aliphatic heterocycles. The summed E-state index contributed by atoms with van der Waals surface area (Å²) in [6, 6.07) is 2.19. The van der Waals surface area contributed by atoms with Gasteiger partial charge < -0.3 is 0 Å². The Hall–Kier alpha value is -0.370. The molecule has 5 rings (SSSR count). The summed E-state index contributed by atoms with van der Waals surface area (Å²) in [6.45, 7) is 0. The fourth-order valence-electron chi connectivity index (χ4n) is 6.37. The lowest BCUT2D eigenvalue weighted by Gasteiger charge is -2.47. The first-order valence-corrected chi connectivity index (χ1v) is 8.12. The Morgan fingerprint density at radius 3 is 2.11 bits per heavy atom. The SMILES string of the molecule is O=C1CC2CCCC(C1)N2C1C2C3CCC(C3)C21. The van der Waals surface area contributed by atoms with E-state index in [9.17, 15) is 4.79 Å². The first-order valence-electron chi connectivity index (χ1n) is 8.12. The molecule has 6 atom stereocenters. The number of carbonyl (C=O) groups excluding carboxylic acids is 1. The summed E-state index contributed by atoms with van der Waals surface area (Å²) in [6.07, 6.45) is 10.3. The van der Waals surface area contributed by atoms with Crippen molar-refractivity contribution in [2.75, 3.05) is 0 Å². The fourth-order valence-corrected chi connectivity index (χ4v) is 6.37. The van der Waals surface area contributed by atoms with Crippen molar-refractivity contribution in [3.8, 4) is 0 Å². The molecule has 0 aromatic rings. The number of nitrogens with zero attached hydrogens (tertiary/aromatic N) is 1. The predicted molar refractivity (Wildman–Crippen MR) is 69.1 cm³/mol. The third kappa shape index (κ3) is 1.21. The van der Waals surface area contributed by atoms with E-state index in [2.05, 4.69) is 4.90 Å². The van der Waals surface area contributed by atoms with Crippen LogP contribution < -0.4 is 0 Å². The molecule has 0 N–H and O–H groups in total. The first kappa shape index (κ1) is 10.4. The maximum Gasteiger partial charge on any atom is 0.136 e. The van der Waals surface area contributed by atoms with Gasteiger partial charge in [0.15, 0.2) is 0 Å². The molecule has 6 unspecified atom stereocenters. The molecule has 98 valence electrons. The van der Waals surface area contributed by atoms with Gasteiger partial charge in [-0.2, -0.15) is 0 Å². The summed E-state index contributed by atoms with van der Waals surface area (Å²) in [5.74, 6) is 4.81. The van der Waals surface area contributed by atoms with Gasteiger partial charge in [-0.3, -0.25) is 9.69 Å². The molecule has 0 aromatic carbocycles. The van der Waals surface area contributed by atoms with Gasteiger partial charge in [0, 0.05) is 31.0 Å². The molecule has 18 heavy (non-hydrogen) atoms. The van der Waals surface area contributed by atoms with E-state index in [1.807, 2.05) is 0 Å². The van der Waals surface area contributed by atoms with Crippen LogP contribution in [0.3, 0.4) is 0 Å². The Morgan fingerprint density at radius 1 is 0.889 bits per heavy atom. The zero-order valence-electron chi connectivity index (χ0n) is 11.1. The van der Waals surface area contributed by atoms with E-state index in [0.717, 1.165) is 42.6 Å². The number of carbonyl (C=O) groups is 1. The molecule has 3 aliphatic carbocycles. The lowest BCUT2D eigenvalue weighted by atomic mass is 9.83. The quantitative estimate of drug-likeness (QED) is 0.708. The normalized spacial score (nSPS) is 57.8. The van der Waals surface area contributed by atoms with Gasteiger partial charge in [0.25, 0.3) is 0 Å². The zero-order valence-corrected chi connectivity index (χ0v) is 11.1. The summed E-state index contributed by atoms with van der Waals surface area (Å²) in [5.41, 5.74) is 0. The minimum atomic E-state index is 0.551. The summed E-state index contributed by atoms with van der Waals surface area (Å²) < 4.78 is 0. The highest BCUT2D eigenvalue weighted by atomic mass is 16.1. The summed E-state index contributed by atoms with van der Waals surface area (Å²) in [5, 5.41) is 0. The summed E-state index contributed by atoms with van der Waals surface area (Å²) in [4.78, 5) is 14.7. The third-order valence-electron chi connectivity index (χ3n) is 6.88. The predicted octanol–water partition coefficient (Wildman–Crippen LogP) is 2.62. The second kappa shape index (κ2) is 3.39. The molecule has 2 saturated heterocycles. The molecule has 5 fully saturated rings. The summed E-state index contributed by atoms with van der Waals surface area (Å²) >= 11 is 0. The van der Waals surface area contributed by atoms with Gasteiger partial charge in [-0.15, -0.1) is 0 Å². The van der Waals surface area contributed by atoms with E-state index < -0.39 is 0 Å². The van der Waals surface area contributed by atoms with Gasteiger partial charge in [0.2, 0.25) is 0 Å². The Balaban J connectivity index is 1.43. The van der Waals surface area contributed by atoms with Crippen LogP contribution in [-0.2, 0) is 4.79 Å². The van der Waals surface area contributed by atoms with Crippen LogP contribution in [0.15, 0.2) is 0 Å². The van der Waals surface area contributed by atoms with Crippen LogP contribution in [0.5, 0.6) is 0 Å². The van der Waals surface area contributed by atoms with Crippen molar-refractivity contribution in [2.24, 2.45) is 23.7 Å². The van der Waals surface area contributed by atoms with Crippen LogP contribution in [0, 0.1) is 23.7 Å². The molecular weight excluding hydrogens is 222 g/mol. The number of Topliss-reactive ketones (excluding diaryl/α,β-unsaturated/α-hetero) is 1. The molecule has 0 amide bonds. The van der Waals surface area contributed by atoms with Gasteiger partial charge in [-0.25, -0.2) is 0 Å². The minimum Gasteiger partial charge on any atom is -0.300 e. The van der Waals surface area contributed by atoms with Gasteiger partial charge in [0.05, 0.1) is 0 Å². The number of hydrogen-bond donors (Lipinski definition) is 0. The highest BCUT2D eigenvalue weighted by molar-refractivity contribution is 5.80. The molecule has 0 aromatic heterocycles. The van der Waals surface area contributed by atoms with Crippen LogP contribution in [0.25, 0.3) is 0 Å². The first-order chi connectivity index (χ1) is 8.83. The number of ketones is 1. The van der Waals surface area contributed by atoms with Crippen LogP contribution in [0.4, 0.5) is 0 Å². The topological polar surface area (TPSA) is 20.3 Å². The van der Waals surface area contributed by atoms with E-state index in [-0.39, 0.29) is 0 Å². The van der Waals surface area contributed by atoms with Crippen molar-refractivity contribution in [2.45, 2.75) is 69.5 Å². The molecule has 2 heterocycles. The third-order valence-corrected chi connectivity index (χ3v) is 6.88. The van der Waals surface area contributed by atoms with Gasteiger partial charge in [-0.1, -0.05) is 6.42 Å². The lowest BCUT2D eigenvalue weighted by Crippen LogP contribution is -2.54. The Bertz CT molecular complexity index is 374. The molecule has 4 bridgehead atoms. The number of fused-ring (bicyclic) bond motifs is 7. The molecule has 3 saturated carbocycles. The average molecular weight is 245 g/mol. The maximum absolute atomic E-state index is 11.8. The molecule has 2 heteroatoms. The number of hydrogen-bond acceptors (Lipinski definition) is 2. The van der Waals surface area contributed by atoms with Crippen molar-refractivity contribution in [3.63, 3.8) is 0 Å². The lowest BCUT2D eigenvalue weighted by molar-refractivity contribution is -0.128. The van der Waals surface area contributed by atoms with E-state index in [1.165, 1.54) is 32.1 Å². The smallest absolute Gasteiger partial charge is 0.136 e. The maximum atomic E-state index is 11.8. The van der Waals surface area contributed by atoms with Crippen molar-refractivity contribution in [3.05, 3.63) is 0 Å². The fraction of sp³-hybridized carbons (Fsp3) is 0.938. The van der Waals surface area contributed by atoms with Crippen LogP contribution >= 0.6 is 0 Å². The van der Waals surface area contributed by atoms with Crippen LogP contribution in [-0.4, -0.2) is 28.8 Å². The van der Waals surface area contributed by atoms with Crippen molar-refractivity contribution in [1.29, 1.82) is 0 Å². The Morgan fingerprint density at radius 2 is 1.50 bits per heavy atom. The zero-order chi connectivity index (χ0) is 11.9.